The molecule has 12 heteroatoms. The Morgan fingerprint density at radius 1 is 1.02 bits per heavy atom. The number of aliphatic hydroxyl groups is 1. The third-order valence-electron chi connectivity index (χ3n) is 6.78. The van der Waals surface area contributed by atoms with Crippen molar-refractivity contribution in [3.63, 3.8) is 0 Å². The van der Waals surface area contributed by atoms with Gasteiger partial charge in [0.25, 0.3) is 0 Å². The minimum atomic E-state index is -1.34. The number of nitrogens with zero attached hydrogens (tertiary/aromatic N) is 2. The molecule has 0 radical (unpaired) electrons. The van der Waals surface area contributed by atoms with Crippen LogP contribution in [0.2, 0.25) is 10.0 Å². The number of carbonyl (C=O) groups excluding carboxylic acids is 2. The summed E-state index contributed by atoms with van der Waals surface area (Å²) in [4.78, 5) is 27.7. The Morgan fingerprint density at radius 3 is 1.95 bits per heavy atom. The van der Waals surface area contributed by atoms with Gasteiger partial charge in [-0.1, -0.05) is 59.4 Å². The molecule has 3 aromatic carbocycles. The number of aliphatic hydroxyl groups excluding tert-OH is 1. The summed E-state index contributed by atoms with van der Waals surface area (Å²) in [7, 11) is 0. The summed E-state index contributed by atoms with van der Waals surface area (Å²) in [5, 5.41) is 13.7. The normalized spacial score (nSPS) is 18.6. The lowest BCUT2D eigenvalue weighted by atomic mass is 9.86. The fourth-order valence-electron chi connectivity index (χ4n) is 4.94. The van der Waals surface area contributed by atoms with Crippen molar-refractivity contribution in [1.29, 1.82) is 0 Å². The number of halogens is 4. The van der Waals surface area contributed by atoms with Crippen LogP contribution in [0, 0.1) is 11.6 Å². The molecule has 1 heterocycles. The first kappa shape index (κ1) is 30.1. The lowest BCUT2D eigenvalue weighted by Crippen LogP contribution is -2.72. The average Bonchev–Trinajstić information content (AvgIpc) is 2.87. The summed E-state index contributed by atoms with van der Waals surface area (Å²) in [6, 6.07) is 14.2. The van der Waals surface area contributed by atoms with Crippen LogP contribution in [-0.2, 0) is 9.59 Å². The highest BCUT2D eigenvalue weighted by Crippen LogP contribution is 2.41. The molecular weight excluding hydrogens is 581 g/mol. The molecule has 7 nitrogen and oxygen atoms in total. The molecule has 212 valence electrons. The van der Waals surface area contributed by atoms with Gasteiger partial charge in [0.2, 0.25) is 11.8 Å². The van der Waals surface area contributed by atoms with E-state index in [0.717, 1.165) is 17.2 Å². The first-order chi connectivity index (χ1) is 19.0. The van der Waals surface area contributed by atoms with Gasteiger partial charge in [-0.2, -0.15) is 0 Å². The average molecular weight is 610 g/mol. The van der Waals surface area contributed by atoms with Gasteiger partial charge in [-0.25, -0.2) is 8.78 Å². The van der Waals surface area contributed by atoms with E-state index in [4.69, 9.17) is 28.9 Å². The van der Waals surface area contributed by atoms with E-state index in [1.807, 2.05) is 29.2 Å². The third kappa shape index (κ3) is 6.53. The molecule has 0 saturated carbocycles. The SMILES string of the molecule is CSN(c1cc(F)cc(F)c1)C1CN(C(c2ccc(Cl)cc2)c2ccc(Cl)cc2)C1C(=O)NC(C(N)=O)C(C)O. The maximum Gasteiger partial charge on any atom is 0.242 e. The van der Waals surface area contributed by atoms with Crippen molar-refractivity contribution in [2.75, 3.05) is 17.1 Å². The maximum absolute atomic E-state index is 14.2. The zero-order valence-electron chi connectivity index (χ0n) is 21.6. The number of anilines is 1. The van der Waals surface area contributed by atoms with Crippen LogP contribution < -0.4 is 15.4 Å². The first-order valence-corrected chi connectivity index (χ1v) is 14.3. The van der Waals surface area contributed by atoms with Gasteiger partial charge in [-0.05, 0) is 54.4 Å². The van der Waals surface area contributed by atoms with Crippen LogP contribution in [0.3, 0.4) is 0 Å². The fourth-order valence-corrected chi connectivity index (χ4v) is 5.96. The molecule has 40 heavy (non-hydrogen) atoms. The Labute approximate surface area is 245 Å². The third-order valence-corrected chi connectivity index (χ3v) is 8.16. The van der Waals surface area contributed by atoms with E-state index in [2.05, 4.69) is 5.32 Å². The number of amides is 2. The molecule has 4 atom stereocenters. The van der Waals surface area contributed by atoms with Crippen LogP contribution in [0.5, 0.6) is 0 Å². The molecule has 4 rings (SSSR count). The Kier molecular flexibility index (Phi) is 9.58. The van der Waals surface area contributed by atoms with Gasteiger partial charge in [-0.3, -0.25) is 14.5 Å². The number of primary amides is 1. The Balaban J connectivity index is 1.79. The highest BCUT2D eigenvalue weighted by molar-refractivity contribution is 8.00. The van der Waals surface area contributed by atoms with Gasteiger partial charge in [0.05, 0.1) is 23.9 Å². The molecule has 3 aromatic rings. The lowest BCUT2D eigenvalue weighted by Gasteiger charge is -2.54. The molecule has 0 spiro atoms. The molecule has 4 N–H and O–H groups in total. The van der Waals surface area contributed by atoms with E-state index in [0.29, 0.717) is 16.6 Å². The van der Waals surface area contributed by atoms with Crippen molar-refractivity contribution in [2.24, 2.45) is 5.73 Å². The van der Waals surface area contributed by atoms with E-state index in [9.17, 15) is 23.5 Å². The van der Waals surface area contributed by atoms with Crippen LogP contribution in [0.4, 0.5) is 14.5 Å². The smallest absolute Gasteiger partial charge is 0.242 e. The summed E-state index contributed by atoms with van der Waals surface area (Å²) < 4.78 is 30.0. The quantitative estimate of drug-likeness (QED) is 0.292. The van der Waals surface area contributed by atoms with Gasteiger partial charge >= 0.3 is 0 Å². The number of rotatable bonds is 10. The van der Waals surface area contributed by atoms with Crippen molar-refractivity contribution >= 4 is 52.7 Å². The van der Waals surface area contributed by atoms with E-state index < -0.39 is 53.7 Å². The molecule has 0 aliphatic carbocycles. The summed E-state index contributed by atoms with van der Waals surface area (Å²) in [5.74, 6) is -2.99. The summed E-state index contributed by atoms with van der Waals surface area (Å²) in [5.41, 5.74) is 7.35. The van der Waals surface area contributed by atoms with Gasteiger partial charge in [0.15, 0.2) is 0 Å². The Bertz CT molecular complexity index is 1300. The molecule has 0 bridgehead atoms. The minimum Gasteiger partial charge on any atom is -0.391 e. The van der Waals surface area contributed by atoms with E-state index in [-0.39, 0.29) is 5.69 Å². The van der Waals surface area contributed by atoms with Crippen molar-refractivity contribution in [3.05, 3.63) is 99.5 Å². The Hall–Kier alpha value is -2.89. The number of carbonyl (C=O) groups is 2. The van der Waals surface area contributed by atoms with Crippen LogP contribution in [-0.4, -0.2) is 58.9 Å². The zero-order chi connectivity index (χ0) is 29.1. The molecule has 4 unspecified atom stereocenters. The van der Waals surface area contributed by atoms with Crippen LogP contribution >= 0.6 is 35.1 Å². The second-order valence-corrected chi connectivity index (χ2v) is 11.1. The molecule has 2 amide bonds. The van der Waals surface area contributed by atoms with Crippen molar-refractivity contribution in [3.8, 4) is 0 Å². The second-order valence-electron chi connectivity index (χ2n) is 9.48. The van der Waals surface area contributed by atoms with Crippen LogP contribution in [0.25, 0.3) is 0 Å². The van der Waals surface area contributed by atoms with Crippen molar-refractivity contribution in [1.82, 2.24) is 10.2 Å². The van der Waals surface area contributed by atoms with Crippen LogP contribution in [0.15, 0.2) is 66.7 Å². The predicted octanol–water partition coefficient (Wildman–Crippen LogP) is 4.55. The standard InChI is InChI=1S/C28H28Cl2F2N4O3S/c1-15(37)24(27(33)38)34-28(39)26-23(36(40-2)22-12-20(31)11-21(32)13-22)14-35(26)25(16-3-7-18(29)8-4-16)17-5-9-19(30)10-6-17/h3-13,15,23-26,37H,14H2,1-2H3,(H2,33,38)(H,34,39). The number of hydrogen-bond acceptors (Lipinski definition) is 6. The van der Waals surface area contributed by atoms with Gasteiger partial charge in [-0.15, -0.1) is 0 Å². The number of benzene rings is 3. The maximum atomic E-state index is 14.2. The topological polar surface area (TPSA) is 98.9 Å². The highest BCUT2D eigenvalue weighted by atomic mass is 35.5. The molecule has 1 aliphatic heterocycles. The fraction of sp³-hybridized carbons (Fsp3) is 0.286. The predicted molar refractivity (Wildman–Crippen MR) is 154 cm³/mol. The number of nitrogens with two attached hydrogens (primary N) is 1. The van der Waals surface area contributed by atoms with Crippen molar-refractivity contribution < 1.29 is 23.5 Å². The lowest BCUT2D eigenvalue weighted by molar-refractivity contribution is -0.138. The summed E-state index contributed by atoms with van der Waals surface area (Å²) >= 11 is 13.5. The van der Waals surface area contributed by atoms with E-state index >= 15 is 0 Å². The van der Waals surface area contributed by atoms with Gasteiger partial charge in [0.1, 0.15) is 23.7 Å². The highest BCUT2D eigenvalue weighted by Gasteiger charge is 2.51. The number of hydrogen-bond donors (Lipinski definition) is 3. The minimum absolute atomic E-state index is 0.240. The van der Waals surface area contributed by atoms with E-state index in [1.54, 1.807) is 34.8 Å². The number of nitrogens with one attached hydrogen (secondary N) is 1. The second kappa shape index (κ2) is 12.7. The summed E-state index contributed by atoms with van der Waals surface area (Å²) in [6.07, 6.45) is 0.490. The monoisotopic (exact) mass is 608 g/mol. The number of likely N-dealkylation sites (tertiary alicyclic amines) is 1. The van der Waals surface area contributed by atoms with Crippen LogP contribution in [0.1, 0.15) is 24.1 Å². The largest absolute Gasteiger partial charge is 0.391 e. The molecule has 1 fully saturated rings. The Morgan fingerprint density at radius 2 is 1.52 bits per heavy atom. The van der Waals surface area contributed by atoms with Gasteiger partial charge < -0.3 is 20.5 Å². The first-order valence-electron chi connectivity index (χ1n) is 12.3. The van der Waals surface area contributed by atoms with Crippen molar-refractivity contribution in [2.45, 2.75) is 37.2 Å². The molecule has 1 saturated heterocycles. The zero-order valence-corrected chi connectivity index (χ0v) is 23.9. The molecule has 1 aliphatic rings. The summed E-state index contributed by atoms with van der Waals surface area (Å²) in [6.45, 7) is 1.66. The van der Waals surface area contributed by atoms with E-state index in [1.165, 1.54) is 31.0 Å². The molecule has 0 aromatic heterocycles. The molecular formula is C28H28Cl2F2N4O3S. The van der Waals surface area contributed by atoms with Gasteiger partial charge in [0, 0.05) is 28.9 Å².